The van der Waals surface area contributed by atoms with Gasteiger partial charge in [0.15, 0.2) is 0 Å². The second-order valence-electron chi connectivity index (χ2n) is 3.08. The van der Waals surface area contributed by atoms with Crippen LogP contribution in [-0.2, 0) is 4.79 Å². The molecule has 0 aromatic heterocycles. The standard InChI is InChI=1S/C7H13N3O2/c1-9(2)7(12)10-4-3-5(10)6(8)11/h5H,3-4H2,1-2H3,(H2,8,11). The van der Waals surface area contributed by atoms with Gasteiger partial charge in [-0.15, -0.1) is 0 Å². The molecule has 0 saturated carbocycles. The average Bonchev–Trinajstić information content (AvgIpc) is 1.82. The van der Waals surface area contributed by atoms with Crippen LogP contribution in [0.1, 0.15) is 6.42 Å². The lowest BCUT2D eigenvalue weighted by atomic mass is 10.0. The summed E-state index contributed by atoms with van der Waals surface area (Å²) in [6, 6.07) is -0.537. The maximum absolute atomic E-state index is 11.3. The number of hydrogen-bond acceptors (Lipinski definition) is 2. The molecule has 1 unspecified atom stereocenters. The van der Waals surface area contributed by atoms with Crippen molar-refractivity contribution in [1.82, 2.24) is 9.80 Å². The summed E-state index contributed by atoms with van der Waals surface area (Å²) in [4.78, 5) is 24.9. The molecule has 1 atom stereocenters. The first-order chi connectivity index (χ1) is 5.54. The van der Waals surface area contributed by atoms with Gasteiger partial charge >= 0.3 is 6.03 Å². The van der Waals surface area contributed by atoms with Crippen molar-refractivity contribution in [2.45, 2.75) is 12.5 Å². The van der Waals surface area contributed by atoms with Gasteiger partial charge in [0.25, 0.3) is 0 Å². The Kier molecular flexibility index (Phi) is 2.21. The van der Waals surface area contributed by atoms with Gasteiger partial charge in [0.05, 0.1) is 0 Å². The largest absolute Gasteiger partial charge is 0.368 e. The number of likely N-dealkylation sites (tertiary alicyclic amines) is 1. The predicted molar refractivity (Wildman–Crippen MR) is 43.4 cm³/mol. The van der Waals surface area contributed by atoms with Crippen molar-refractivity contribution in [3.05, 3.63) is 0 Å². The molecular formula is C7H13N3O2. The smallest absolute Gasteiger partial charge is 0.320 e. The highest BCUT2D eigenvalue weighted by molar-refractivity contribution is 5.87. The van der Waals surface area contributed by atoms with Crippen LogP contribution in [0.4, 0.5) is 4.79 Å². The molecule has 1 aliphatic heterocycles. The molecule has 1 rings (SSSR count). The average molecular weight is 171 g/mol. The van der Waals surface area contributed by atoms with E-state index < -0.39 is 5.91 Å². The third-order valence-corrected chi connectivity index (χ3v) is 1.98. The molecule has 5 heteroatoms. The van der Waals surface area contributed by atoms with Crippen molar-refractivity contribution in [3.63, 3.8) is 0 Å². The minimum absolute atomic E-state index is 0.148. The molecule has 1 fully saturated rings. The van der Waals surface area contributed by atoms with Gasteiger partial charge in [0, 0.05) is 20.6 Å². The van der Waals surface area contributed by atoms with E-state index in [0.29, 0.717) is 13.0 Å². The van der Waals surface area contributed by atoms with Crippen molar-refractivity contribution in [3.8, 4) is 0 Å². The Labute approximate surface area is 71.1 Å². The fourth-order valence-corrected chi connectivity index (χ4v) is 1.17. The summed E-state index contributed by atoms with van der Waals surface area (Å²) >= 11 is 0. The Morgan fingerprint density at radius 2 is 2.08 bits per heavy atom. The van der Waals surface area contributed by atoms with Crippen LogP contribution in [0.5, 0.6) is 0 Å². The molecular weight excluding hydrogens is 158 g/mol. The van der Waals surface area contributed by atoms with E-state index in [4.69, 9.17) is 5.73 Å². The van der Waals surface area contributed by atoms with E-state index in [0.717, 1.165) is 0 Å². The highest BCUT2D eigenvalue weighted by Crippen LogP contribution is 2.17. The number of carbonyl (C=O) groups excluding carboxylic acids is 2. The molecule has 0 radical (unpaired) electrons. The molecule has 1 heterocycles. The molecule has 2 N–H and O–H groups in total. The van der Waals surface area contributed by atoms with Crippen molar-refractivity contribution in [2.75, 3.05) is 20.6 Å². The normalized spacial score (nSPS) is 21.5. The van der Waals surface area contributed by atoms with Crippen LogP contribution in [0.25, 0.3) is 0 Å². The van der Waals surface area contributed by atoms with Crippen LogP contribution in [0, 0.1) is 0 Å². The Hall–Kier alpha value is -1.26. The van der Waals surface area contributed by atoms with Gasteiger partial charge < -0.3 is 15.5 Å². The van der Waals surface area contributed by atoms with Crippen molar-refractivity contribution in [2.24, 2.45) is 5.73 Å². The van der Waals surface area contributed by atoms with Crippen LogP contribution >= 0.6 is 0 Å². The van der Waals surface area contributed by atoms with Crippen LogP contribution in [0.2, 0.25) is 0 Å². The predicted octanol–water partition coefficient (Wildman–Crippen LogP) is -0.772. The van der Waals surface area contributed by atoms with Gasteiger partial charge in [-0.25, -0.2) is 4.79 Å². The summed E-state index contributed by atoms with van der Waals surface area (Å²) in [6.07, 6.45) is 0.689. The molecule has 0 aromatic rings. The zero-order valence-electron chi connectivity index (χ0n) is 7.28. The van der Waals surface area contributed by atoms with Crippen molar-refractivity contribution >= 4 is 11.9 Å². The van der Waals surface area contributed by atoms with Gasteiger partial charge in [-0.1, -0.05) is 0 Å². The van der Waals surface area contributed by atoms with E-state index in [1.54, 1.807) is 14.1 Å². The number of carbonyl (C=O) groups is 2. The summed E-state index contributed by atoms with van der Waals surface area (Å²) in [5, 5.41) is 0. The molecule has 0 aliphatic carbocycles. The molecule has 1 aliphatic rings. The first kappa shape index (κ1) is 8.83. The zero-order chi connectivity index (χ0) is 9.30. The second-order valence-corrected chi connectivity index (χ2v) is 3.08. The zero-order valence-corrected chi connectivity index (χ0v) is 7.28. The van der Waals surface area contributed by atoms with E-state index in [9.17, 15) is 9.59 Å². The van der Waals surface area contributed by atoms with Crippen molar-refractivity contribution in [1.29, 1.82) is 0 Å². The van der Waals surface area contributed by atoms with E-state index in [1.165, 1.54) is 9.80 Å². The first-order valence-electron chi connectivity index (χ1n) is 3.81. The van der Waals surface area contributed by atoms with Gasteiger partial charge in [0.2, 0.25) is 5.91 Å². The number of urea groups is 1. The third kappa shape index (κ3) is 1.34. The molecule has 0 aromatic carbocycles. The maximum Gasteiger partial charge on any atom is 0.320 e. The lowest BCUT2D eigenvalue weighted by molar-refractivity contribution is -0.125. The van der Waals surface area contributed by atoms with E-state index in [2.05, 4.69) is 0 Å². The molecule has 68 valence electrons. The quantitative estimate of drug-likeness (QED) is 0.562. The van der Waals surface area contributed by atoms with E-state index in [-0.39, 0.29) is 12.1 Å². The van der Waals surface area contributed by atoms with Crippen LogP contribution in [0.3, 0.4) is 0 Å². The van der Waals surface area contributed by atoms with E-state index in [1.807, 2.05) is 0 Å². The molecule has 0 bridgehead atoms. The van der Waals surface area contributed by atoms with Crippen molar-refractivity contribution < 1.29 is 9.59 Å². The number of primary amides is 1. The third-order valence-electron chi connectivity index (χ3n) is 1.98. The highest BCUT2D eigenvalue weighted by Gasteiger charge is 2.36. The number of amides is 3. The summed E-state index contributed by atoms with van der Waals surface area (Å²) in [5.41, 5.74) is 5.07. The Bertz CT molecular complexity index is 215. The maximum atomic E-state index is 11.3. The lowest BCUT2D eigenvalue weighted by Crippen LogP contribution is -2.59. The fraction of sp³-hybridized carbons (Fsp3) is 0.714. The highest BCUT2D eigenvalue weighted by atomic mass is 16.2. The second kappa shape index (κ2) is 3.00. The molecule has 12 heavy (non-hydrogen) atoms. The van der Waals surface area contributed by atoms with Gasteiger partial charge in [-0.05, 0) is 6.42 Å². The summed E-state index contributed by atoms with van der Waals surface area (Å²) in [7, 11) is 3.30. The van der Waals surface area contributed by atoms with Gasteiger partial charge in [-0.2, -0.15) is 0 Å². The van der Waals surface area contributed by atoms with Crippen LogP contribution < -0.4 is 5.73 Å². The topological polar surface area (TPSA) is 66.6 Å². The lowest BCUT2D eigenvalue weighted by Gasteiger charge is -2.39. The summed E-state index contributed by atoms with van der Waals surface area (Å²) < 4.78 is 0. The number of nitrogens with zero attached hydrogens (tertiary/aromatic N) is 2. The first-order valence-corrected chi connectivity index (χ1v) is 3.81. The number of rotatable bonds is 1. The SMILES string of the molecule is CN(C)C(=O)N1CCC1C(N)=O. The number of nitrogens with two attached hydrogens (primary N) is 1. The minimum atomic E-state index is -0.420. The minimum Gasteiger partial charge on any atom is -0.368 e. The Morgan fingerprint density at radius 3 is 2.33 bits per heavy atom. The van der Waals surface area contributed by atoms with Crippen LogP contribution in [0.15, 0.2) is 0 Å². The molecule has 1 saturated heterocycles. The summed E-state index contributed by atoms with van der Waals surface area (Å²) in [6.45, 7) is 0.630. The van der Waals surface area contributed by atoms with Crippen LogP contribution in [-0.4, -0.2) is 48.4 Å². The number of hydrogen-bond donors (Lipinski definition) is 1. The van der Waals surface area contributed by atoms with Gasteiger partial charge in [-0.3, -0.25) is 4.79 Å². The Morgan fingerprint density at radius 1 is 1.50 bits per heavy atom. The van der Waals surface area contributed by atoms with Gasteiger partial charge in [0.1, 0.15) is 6.04 Å². The monoisotopic (exact) mass is 171 g/mol. The molecule has 3 amide bonds. The fourth-order valence-electron chi connectivity index (χ4n) is 1.17. The molecule has 5 nitrogen and oxygen atoms in total. The summed E-state index contributed by atoms with van der Waals surface area (Å²) in [5.74, 6) is -0.420. The Balaban J connectivity index is 2.55. The van der Waals surface area contributed by atoms with E-state index >= 15 is 0 Å². The molecule has 0 spiro atoms.